The first kappa shape index (κ1) is 15.2. The highest BCUT2D eigenvalue weighted by Gasteiger charge is 2.06. The Morgan fingerprint density at radius 3 is 2.94 bits per heavy atom. The minimum atomic E-state index is 0.558. The Kier molecular flexibility index (Phi) is 6.98. The van der Waals surface area contributed by atoms with Crippen LogP contribution in [0.2, 0.25) is 0 Å². The Morgan fingerprint density at radius 1 is 1.50 bits per heavy atom. The normalized spacial score (nSPS) is 11.4. The number of allylic oxidation sites excluding steroid dienone is 1. The van der Waals surface area contributed by atoms with Crippen molar-refractivity contribution >= 4 is 15.9 Å². The fraction of sp³-hybridized carbons (Fsp3) is 0.500. The molecule has 0 atom stereocenters. The molecule has 3 nitrogen and oxygen atoms in total. The van der Waals surface area contributed by atoms with Crippen molar-refractivity contribution in [2.45, 2.75) is 27.3 Å². The maximum absolute atomic E-state index is 5.63. The third kappa shape index (κ3) is 5.65. The first-order valence-corrected chi connectivity index (χ1v) is 7.02. The lowest BCUT2D eigenvalue weighted by Crippen LogP contribution is -2.19. The quantitative estimate of drug-likeness (QED) is 0.782. The van der Waals surface area contributed by atoms with Crippen molar-refractivity contribution in [3.05, 3.63) is 34.5 Å². The van der Waals surface area contributed by atoms with Crippen molar-refractivity contribution in [1.29, 1.82) is 0 Å². The molecule has 0 spiro atoms. The van der Waals surface area contributed by atoms with E-state index in [9.17, 15) is 0 Å². The summed E-state index contributed by atoms with van der Waals surface area (Å²) in [6.07, 6.45) is 5.70. The van der Waals surface area contributed by atoms with E-state index >= 15 is 0 Å². The molecular formula is C14H21BrN2O. The van der Waals surface area contributed by atoms with Gasteiger partial charge in [0.25, 0.3) is 0 Å². The molecule has 0 aliphatic carbocycles. The van der Waals surface area contributed by atoms with Gasteiger partial charge in [0.2, 0.25) is 5.88 Å². The predicted molar refractivity (Wildman–Crippen MR) is 78.8 cm³/mol. The lowest BCUT2D eigenvalue weighted by molar-refractivity contribution is 0.342. The van der Waals surface area contributed by atoms with E-state index in [4.69, 9.17) is 4.74 Å². The van der Waals surface area contributed by atoms with E-state index in [2.05, 4.69) is 40.1 Å². The number of nitrogens with zero attached hydrogens (tertiary/aromatic N) is 1. The Bertz CT molecular complexity index is 391. The molecule has 0 bridgehead atoms. The Labute approximate surface area is 118 Å². The Hall–Kier alpha value is -0.870. The van der Waals surface area contributed by atoms with E-state index in [1.165, 1.54) is 0 Å². The second-order valence-electron chi connectivity index (χ2n) is 4.52. The fourth-order valence-electron chi connectivity index (χ4n) is 1.44. The van der Waals surface area contributed by atoms with Gasteiger partial charge in [-0.1, -0.05) is 26.0 Å². The van der Waals surface area contributed by atoms with Crippen molar-refractivity contribution in [1.82, 2.24) is 10.3 Å². The smallest absolute Gasteiger partial charge is 0.218 e. The molecule has 0 radical (unpaired) electrons. The molecule has 0 aliphatic rings. The van der Waals surface area contributed by atoms with E-state index in [1.54, 1.807) is 6.20 Å². The molecule has 0 aliphatic heterocycles. The van der Waals surface area contributed by atoms with Crippen LogP contribution in [-0.4, -0.2) is 18.1 Å². The number of aromatic nitrogens is 1. The van der Waals surface area contributed by atoms with Crippen LogP contribution < -0.4 is 10.1 Å². The zero-order valence-electron chi connectivity index (χ0n) is 11.2. The number of rotatable bonds is 7. The number of hydrogen-bond acceptors (Lipinski definition) is 3. The number of nitrogens with one attached hydrogen (secondary N) is 1. The maximum Gasteiger partial charge on any atom is 0.218 e. The van der Waals surface area contributed by atoms with E-state index in [1.807, 2.05) is 25.1 Å². The highest BCUT2D eigenvalue weighted by molar-refractivity contribution is 9.10. The molecule has 0 saturated heterocycles. The largest absolute Gasteiger partial charge is 0.473 e. The monoisotopic (exact) mass is 312 g/mol. The molecule has 1 N–H and O–H groups in total. The number of ether oxygens (including phenoxy) is 1. The molecule has 1 aromatic rings. The summed E-state index contributed by atoms with van der Waals surface area (Å²) >= 11 is 3.44. The van der Waals surface area contributed by atoms with Crippen LogP contribution in [0.5, 0.6) is 5.88 Å². The lowest BCUT2D eigenvalue weighted by atomic mass is 10.2. The van der Waals surface area contributed by atoms with Gasteiger partial charge in [-0.2, -0.15) is 0 Å². The van der Waals surface area contributed by atoms with Crippen LogP contribution in [0.3, 0.4) is 0 Å². The molecule has 100 valence electrons. The summed E-state index contributed by atoms with van der Waals surface area (Å²) in [6, 6.07) is 2.05. The highest BCUT2D eigenvalue weighted by atomic mass is 79.9. The molecule has 4 heteroatoms. The van der Waals surface area contributed by atoms with Gasteiger partial charge in [0.05, 0.1) is 0 Å². The highest BCUT2D eigenvalue weighted by Crippen LogP contribution is 2.20. The van der Waals surface area contributed by atoms with Crippen LogP contribution in [0, 0.1) is 5.92 Å². The van der Waals surface area contributed by atoms with Crippen molar-refractivity contribution in [2.75, 3.05) is 13.2 Å². The summed E-state index contributed by atoms with van der Waals surface area (Å²) in [6.45, 7) is 8.67. The molecule has 0 aromatic carbocycles. The Morgan fingerprint density at radius 2 is 2.28 bits per heavy atom. The molecule has 0 unspecified atom stereocenters. The molecule has 18 heavy (non-hydrogen) atoms. The van der Waals surface area contributed by atoms with Crippen LogP contribution in [0.15, 0.2) is 28.9 Å². The third-order valence-electron chi connectivity index (χ3n) is 2.31. The topological polar surface area (TPSA) is 34.1 Å². The van der Waals surface area contributed by atoms with Gasteiger partial charge in [-0.15, -0.1) is 0 Å². The fourth-order valence-corrected chi connectivity index (χ4v) is 1.82. The van der Waals surface area contributed by atoms with Gasteiger partial charge in [0, 0.05) is 22.8 Å². The molecule has 0 fully saturated rings. The zero-order valence-corrected chi connectivity index (χ0v) is 12.8. The summed E-state index contributed by atoms with van der Waals surface area (Å²) in [7, 11) is 0. The zero-order chi connectivity index (χ0) is 13.4. The van der Waals surface area contributed by atoms with E-state index < -0.39 is 0 Å². The van der Waals surface area contributed by atoms with Crippen molar-refractivity contribution in [3.63, 3.8) is 0 Å². The summed E-state index contributed by atoms with van der Waals surface area (Å²) in [4.78, 5) is 4.30. The molecule has 1 rings (SSSR count). The van der Waals surface area contributed by atoms with Gasteiger partial charge in [-0.25, -0.2) is 4.98 Å². The van der Waals surface area contributed by atoms with Crippen molar-refractivity contribution in [2.24, 2.45) is 5.92 Å². The average molecular weight is 313 g/mol. The van der Waals surface area contributed by atoms with E-state index in [0.29, 0.717) is 18.4 Å². The summed E-state index contributed by atoms with van der Waals surface area (Å²) in [5, 5.41) is 3.40. The minimum Gasteiger partial charge on any atom is -0.473 e. The molecule has 0 saturated carbocycles. The molecule has 1 aromatic heterocycles. The molecule has 1 heterocycles. The minimum absolute atomic E-state index is 0.558. The van der Waals surface area contributed by atoms with Gasteiger partial charge >= 0.3 is 0 Å². The van der Waals surface area contributed by atoms with Crippen LogP contribution >= 0.6 is 15.9 Å². The lowest BCUT2D eigenvalue weighted by Gasteiger charge is -2.11. The van der Waals surface area contributed by atoms with Crippen LogP contribution in [-0.2, 0) is 6.54 Å². The first-order valence-electron chi connectivity index (χ1n) is 6.22. The van der Waals surface area contributed by atoms with E-state index in [0.717, 1.165) is 23.1 Å². The van der Waals surface area contributed by atoms with Crippen LogP contribution in [0.1, 0.15) is 26.3 Å². The van der Waals surface area contributed by atoms with Gasteiger partial charge in [0.15, 0.2) is 0 Å². The average Bonchev–Trinajstić information content (AvgIpc) is 2.31. The van der Waals surface area contributed by atoms with Crippen molar-refractivity contribution in [3.8, 4) is 5.88 Å². The summed E-state index contributed by atoms with van der Waals surface area (Å²) < 4.78 is 6.61. The van der Waals surface area contributed by atoms with Gasteiger partial charge < -0.3 is 10.1 Å². The van der Waals surface area contributed by atoms with Crippen LogP contribution in [0.25, 0.3) is 0 Å². The van der Waals surface area contributed by atoms with Gasteiger partial charge in [-0.3, -0.25) is 0 Å². The summed E-state index contributed by atoms with van der Waals surface area (Å²) in [5.74, 6) is 1.34. The predicted octanol–water partition coefficient (Wildman–Crippen LogP) is 3.54. The van der Waals surface area contributed by atoms with Gasteiger partial charge in [-0.05, 0) is 41.4 Å². The van der Waals surface area contributed by atoms with E-state index in [-0.39, 0.29) is 0 Å². The number of hydrogen-bond donors (Lipinski definition) is 1. The maximum atomic E-state index is 5.63. The standard InChI is InChI=1S/C14H21BrN2O/c1-4-5-6-18-14-12(7-13(15)10-17-14)9-16-8-11(2)3/h4-5,7,10-11,16H,6,8-9H2,1-3H3. The summed E-state index contributed by atoms with van der Waals surface area (Å²) in [5.41, 5.74) is 1.08. The van der Waals surface area contributed by atoms with Gasteiger partial charge in [0.1, 0.15) is 6.61 Å². The van der Waals surface area contributed by atoms with Crippen LogP contribution in [0.4, 0.5) is 0 Å². The second-order valence-corrected chi connectivity index (χ2v) is 5.44. The number of halogens is 1. The SMILES string of the molecule is CC=CCOc1ncc(Br)cc1CNCC(C)C. The molecule has 0 amide bonds. The molecular weight excluding hydrogens is 292 g/mol. The third-order valence-corrected chi connectivity index (χ3v) is 2.75. The first-order chi connectivity index (χ1) is 8.63. The number of pyridine rings is 1. The second kappa shape index (κ2) is 8.27. The van der Waals surface area contributed by atoms with Crippen molar-refractivity contribution < 1.29 is 4.74 Å². The Balaban J connectivity index is 2.64.